The molecule has 17 heavy (non-hydrogen) atoms. The number of nitrogens with two attached hydrogens (primary N) is 1. The smallest absolute Gasteiger partial charge is 0.131 e. The molecule has 86 valence electrons. The Bertz CT molecular complexity index is 558. The third kappa shape index (κ3) is 2.00. The molecule has 0 saturated carbocycles. The summed E-state index contributed by atoms with van der Waals surface area (Å²) in [5.74, 6) is 0.657. The fourth-order valence-corrected chi connectivity index (χ4v) is 1.71. The van der Waals surface area contributed by atoms with Crippen LogP contribution in [0.15, 0.2) is 30.6 Å². The van der Waals surface area contributed by atoms with Gasteiger partial charge in [0.15, 0.2) is 0 Å². The van der Waals surface area contributed by atoms with Crippen LogP contribution in [0.5, 0.6) is 0 Å². The lowest BCUT2D eigenvalue weighted by atomic mass is 10.1. The molecular weight excluding hydrogens is 212 g/mol. The molecule has 0 aliphatic heterocycles. The van der Waals surface area contributed by atoms with E-state index in [4.69, 9.17) is 11.0 Å². The normalized spacial score (nSPS) is 10.5. The predicted octanol–water partition coefficient (Wildman–Crippen LogP) is 2.58. The molecule has 0 spiro atoms. The first-order valence-corrected chi connectivity index (χ1v) is 5.46. The van der Waals surface area contributed by atoms with Crippen molar-refractivity contribution < 1.29 is 0 Å². The molecule has 0 fully saturated rings. The summed E-state index contributed by atoms with van der Waals surface area (Å²) in [6, 6.07) is 9.63. The summed E-state index contributed by atoms with van der Waals surface area (Å²) in [5, 5.41) is 8.74. The third-order valence-electron chi connectivity index (χ3n) is 2.68. The lowest BCUT2D eigenvalue weighted by molar-refractivity contribution is 0.607. The average Bonchev–Trinajstić information content (AvgIpc) is 2.71. The van der Waals surface area contributed by atoms with Gasteiger partial charge in [0.2, 0.25) is 0 Å². The Hall–Kier alpha value is -2.28. The minimum Gasteiger partial charge on any atom is -0.383 e. The van der Waals surface area contributed by atoms with Gasteiger partial charge in [0, 0.05) is 11.6 Å². The van der Waals surface area contributed by atoms with Crippen molar-refractivity contribution in [3.8, 4) is 17.3 Å². The predicted molar refractivity (Wildman–Crippen MR) is 67.2 cm³/mol. The van der Waals surface area contributed by atoms with E-state index in [-0.39, 0.29) is 6.04 Å². The second-order valence-electron chi connectivity index (χ2n) is 4.17. The molecule has 2 aromatic rings. The lowest BCUT2D eigenvalue weighted by Gasteiger charge is -2.08. The molecule has 1 heterocycles. The molecular formula is C13H14N4. The van der Waals surface area contributed by atoms with Crippen LogP contribution in [0.3, 0.4) is 0 Å². The first kappa shape index (κ1) is 11.2. The Kier molecular flexibility index (Phi) is 2.84. The fourth-order valence-electron chi connectivity index (χ4n) is 1.71. The van der Waals surface area contributed by atoms with E-state index < -0.39 is 0 Å². The fraction of sp³-hybridized carbons (Fsp3) is 0.231. The van der Waals surface area contributed by atoms with Gasteiger partial charge in [-0.05, 0) is 26.0 Å². The molecule has 0 aliphatic rings. The van der Waals surface area contributed by atoms with E-state index in [2.05, 4.69) is 24.9 Å². The van der Waals surface area contributed by atoms with Crippen LogP contribution in [0, 0.1) is 11.3 Å². The highest BCUT2D eigenvalue weighted by molar-refractivity contribution is 5.70. The molecule has 0 saturated heterocycles. The molecule has 2 rings (SSSR count). The monoisotopic (exact) mass is 226 g/mol. The van der Waals surface area contributed by atoms with E-state index in [9.17, 15) is 0 Å². The van der Waals surface area contributed by atoms with Gasteiger partial charge >= 0.3 is 0 Å². The summed E-state index contributed by atoms with van der Waals surface area (Å²) >= 11 is 0. The number of nitrogens with zero attached hydrogens (tertiary/aromatic N) is 3. The quantitative estimate of drug-likeness (QED) is 0.855. The molecule has 0 aliphatic carbocycles. The van der Waals surface area contributed by atoms with E-state index in [1.165, 1.54) is 0 Å². The minimum absolute atomic E-state index is 0.287. The first-order valence-electron chi connectivity index (χ1n) is 5.46. The maximum atomic E-state index is 8.74. The molecule has 4 nitrogen and oxygen atoms in total. The number of benzene rings is 1. The van der Waals surface area contributed by atoms with Gasteiger partial charge in [-0.1, -0.05) is 12.1 Å². The zero-order valence-electron chi connectivity index (χ0n) is 9.88. The number of imidazole rings is 1. The summed E-state index contributed by atoms with van der Waals surface area (Å²) < 4.78 is 1.92. The molecule has 0 radical (unpaired) electrons. The van der Waals surface area contributed by atoms with Crippen LogP contribution in [0.4, 0.5) is 5.82 Å². The van der Waals surface area contributed by atoms with E-state index in [1.807, 2.05) is 16.7 Å². The summed E-state index contributed by atoms with van der Waals surface area (Å²) in [6.45, 7) is 4.11. The molecule has 1 aromatic heterocycles. The van der Waals surface area contributed by atoms with Crippen molar-refractivity contribution in [2.24, 2.45) is 0 Å². The average molecular weight is 226 g/mol. The van der Waals surface area contributed by atoms with Crippen LogP contribution in [0.25, 0.3) is 11.3 Å². The van der Waals surface area contributed by atoms with Gasteiger partial charge in [0.05, 0.1) is 18.0 Å². The van der Waals surface area contributed by atoms with Gasteiger partial charge in [0.25, 0.3) is 0 Å². The van der Waals surface area contributed by atoms with Crippen molar-refractivity contribution >= 4 is 5.82 Å². The SMILES string of the molecule is CC(C)n1cnc(-c2ccc(C#N)cc2)c1N. The van der Waals surface area contributed by atoms with Crippen molar-refractivity contribution in [3.05, 3.63) is 36.2 Å². The number of nitrogen functional groups attached to an aromatic ring is 1. The summed E-state index contributed by atoms with van der Waals surface area (Å²) in [4.78, 5) is 4.32. The number of anilines is 1. The van der Waals surface area contributed by atoms with Gasteiger partial charge in [-0.15, -0.1) is 0 Å². The second kappa shape index (κ2) is 4.30. The van der Waals surface area contributed by atoms with Crippen LogP contribution in [-0.4, -0.2) is 9.55 Å². The highest BCUT2D eigenvalue weighted by Gasteiger charge is 2.11. The van der Waals surface area contributed by atoms with Crippen LogP contribution >= 0.6 is 0 Å². The van der Waals surface area contributed by atoms with Gasteiger partial charge in [-0.2, -0.15) is 5.26 Å². The summed E-state index contributed by atoms with van der Waals surface area (Å²) in [5.41, 5.74) is 8.38. The molecule has 4 heteroatoms. The zero-order valence-corrected chi connectivity index (χ0v) is 9.88. The topological polar surface area (TPSA) is 67.6 Å². The first-order chi connectivity index (χ1) is 8.13. The highest BCUT2D eigenvalue weighted by atomic mass is 15.1. The van der Waals surface area contributed by atoms with Gasteiger partial charge in [-0.3, -0.25) is 0 Å². The van der Waals surface area contributed by atoms with Crippen molar-refractivity contribution in [2.45, 2.75) is 19.9 Å². The molecule has 0 atom stereocenters. The number of rotatable bonds is 2. The molecule has 1 aromatic carbocycles. The van der Waals surface area contributed by atoms with E-state index in [0.717, 1.165) is 11.3 Å². The lowest BCUT2D eigenvalue weighted by Crippen LogP contribution is -2.04. The highest BCUT2D eigenvalue weighted by Crippen LogP contribution is 2.26. The third-order valence-corrected chi connectivity index (χ3v) is 2.68. The largest absolute Gasteiger partial charge is 0.383 e. The van der Waals surface area contributed by atoms with Crippen molar-refractivity contribution in [1.82, 2.24) is 9.55 Å². The maximum Gasteiger partial charge on any atom is 0.131 e. The Labute approximate surface area is 100 Å². The molecule has 0 amide bonds. The summed E-state index contributed by atoms with van der Waals surface area (Å²) in [6.07, 6.45) is 1.74. The maximum absolute atomic E-state index is 8.74. The zero-order chi connectivity index (χ0) is 12.4. The minimum atomic E-state index is 0.287. The molecule has 0 unspecified atom stereocenters. The van der Waals surface area contributed by atoms with E-state index in [0.29, 0.717) is 11.4 Å². The second-order valence-corrected chi connectivity index (χ2v) is 4.17. The van der Waals surface area contributed by atoms with Crippen LogP contribution in [0.2, 0.25) is 0 Å². The molecule has 0 bridgehead atoms. The Morgan fingerprint density at radius 1 is 1.29 bits per heavy atom. The van der Waals surface area contributed by atoms with Crippen LogP contribution in [0.1, 0.15) is 25.5 Å². The Morgan fingerprint density at radius 2 is 1.94 bits per heavy atom. The summed E-state index contributed by atoms with van der Waals surface area (Å²) in [7, 11) is 0. The Balaban J connectivity index is 2.43. The van der Waals surface area contributed by atoms with Crippen molar-refractivity contribution in [2.75, 3.05) is 5.73 Å². The molecule has 2 N–H and O–H groups in total. The number of hydrogen-bond donors (Lipinski definition) is 1. The number of hydrogen-bond acceptors (Lipinski definition) is 3. The van der Waals surface area contributed by atoms with Gasteiger partial charge in [0.1, 0.15) is 11.5 Å². The van der Waals surface area contributed by atoms with Crippen molar-refractivity contribution in [1.29, 1.82) is 5.26 Å². The Morgan fingerprint density at radius 3 is 2.41 bits per heavy atom. The van der Waals surface area contributed by atoms with Crippen LogP contribution in [-0.2, 0) is 0 Å². The van der Waals surface area contributed by atoms with Crippen LogP contribution < -0.4 is 5.73 Å². The van der Waals surface area contributed by atoms with Crippen molar-refractivity contribution in [3.63, 3.8) is 0 Å². The number of aromatic nitrogens is 2. The van der Waals surface area contributed by atoms with E-state index in [1.54, 1.807) is 18.5 Å². The van der Waals surface area contributed by atoms with Gasteiger partial charge in [-0.25, -0.2) is 4.98 Å². The number of nitriles is 1. The van der Waals surface area contributed by atoms with E-state index >= 15 is 0 Å². The van der Waals surface area contributed by atoms with Gasteiger partial charge < -0.3 is 10.3 Å². The standard InChI is InChI=1S/C13H14N4/c1-9(2)17-8-16-12(13(17)15)11-5-3-10(7-14)4-6-11/h3-6,8-9H,15H2,1-2H3.